The highest BCUT2D eigenvalue weighted by Crippen LogP contribution is 2.13. The summed E-state index contributed by atoms with van der Waals surface area (Å²) in [6.07, 6.45) is 24.2. The maximum atomic E-state index is 10.9. The van der Waals surface area contributed by atoms with Crippen LogP contribution in [0.2, 0.25) is 0 Å². The third-order valence-electron chi connectivity index (χ3n) is 4.76. The Morgan fingerprint density at radius 1 is 0.720 bits per heavy atom. The number of methoxy groups -OCH3 is 1. The molecule has 0 saturated carbocycles. The number of aliphatic imine (C=N–C) groups is 1. The zero-order valence-corrected chi connectivity index (χ0v) is 17.1. The molecule has 0 radical (unpaired) electrons. The van der Waals surface area contributed by atoms with Crippen molar-refractivity contribution in [3.8, 4) is 0 Å². The van der Waals surface area contributed by atoms with E-state index in [-0.39, 0.29) is 5.97 Å². The van der Waals surface area contributed by atoms with Crippen molar-refractivity contribution >= 4 is 12.2 Å². The van der Waals surface area contributed by atoms with E-state index in [1.165, 1.54) is 103 Å². The van der Waals surface area contributed by atoms with Gasteiger partial charge in [-0.25, -0.2) is 0 Å². The van der Waals surface area contributed by atoms with Gasteiger partial charge in [-0.05, 0) is 6.42 Å². The molecular formula is C22H43NO2. The lowest BCUT2D eigenvalue weighted by atomic mass is 10.0. The normalized spacial score (nSPS) is 11.3. The Morgan fingerprint density at radius 2 is 1.12 bits per heavy atom. The molecule has 0 fully saturated rings. The molecule has 0 aromatic carbocycles. The Hall–Kier alpha value is -0.860. The summed E-state index contributed by atoms with van der Waals surface area (Å²) in [5, 5.41) is 0. The average molecular weight is 354 g/mol. The SMILES string of the molecule is CCCCCCCCCCCCCCCCCCN=CCC(=O)OC. The fourth-order valence-electron chi connectivity index (χ4n) is 3.06. The van der Waals surface area contributed by atoms with Gasteiger partial charge in [0.25, 0.3) is 0 Å². The van der Waals surface area contributed by atoms with Crippen molar-refractivity contribution in [2.24, 2.45) is 4.99 Å². The molecule has 0 atom stereocenters. The molecular weight excluding hydrogens is 310 g/mol. The lowest BCUT2D eigenvalue weighted by Gasteiger charge is -2.03. The molecule has 0 spiro atoms. The Kier molecular flexibility index (Phi) is 20.5. The van der Waals surface area contributed by atoms with E-state index in [4.69, 9.17) is 0 Å². The van der Waals surface area contributed by atoms with Gasteiger partial charge in [0.1, 0.15) is 0 Å². The van der Waals surface area contributed by atoms with Gasteiger partial charge in [0.15, 0.2) is 0 Å². The highest BCUT2D eigenvalue weighted by molar-refractivity contribution is 5.85. The zero-order chi connectivity index (χ0) is 18.4. The van der Waals surface area contributed by atoms with E-state index in [1.54, 1.807) is 6.21 Å². The van der Waals surface area contributed by atoms with Gasteiger partial charge in [-0.15, -0.1) is 0 Å². The second-order valence-electron chi connectivity index (χ2n) is 7.17. The summed E-state index contributed by atoms with van der Waals surface area (Å²) >= 11 is 0. The summed E-state index contributed by atoms with van der Waals surface area (Å²) in [6, 6.07) is 0. The number of hydrogen-bond acceptors (Lipinski definition) is 3. The summed E-state index contributed by atoms with van der Waals surface area (Å²) in [5.74, 6) is -0.212. The van der Waals surface area contributed by atoms with Crippen LogP contribution in [0.3, 0.4) is 0 Å². The molecule has 0 aliphatic heterocycles. The third-order valence-corrected chi connectivity index (χ3v) is 4.76. The molecule has 0 aliphatic carbocycles. The predicted molar refractivity (Wildman–Crippen MR) is 110 cm³/mol. The van der Waals surface area contributed by atoms with E-state index < -0.39 is 0 Å². The molecule has 0 aromatic heterocycles. The molecule has 0 aliphatic rings. The number of esters is 1. The maximum absolute atomic E-state index is 10.9. The van der Waals surface area contributed by atoms with E-state index >= 15 is 0 Å². The number of ether oxygens (including phenoxy) is 1. The second kappa shape index (κ2) is 21.2. The summed E-state index contributed by atoms with van der Waals surface area (Å²) in [5.41, 5.74) is 0. The molecule has 0 heterocycles. The van der Waals surface area contributed by atoms with E-state index in [1.807, 2.05) is 0 Å². The molecule has 25 heavy (non-hydrogen) atoms. The molecule has 0 bridgehead atoms. The van der Waals surface area contributed by atoms with Crippen LogP contribution < -0.4 is 0 Å². The smallest absolute Gasteiger partial charge is 0.310 e. The van der Waals surface area contributed by atoms with Crippen LogP contribution >= 0.6 is 0 Å². The van der Waals surface area contributed by atoms with E-state index in [9.17, 15) is 4.79 Å². The first-order valence-corrected chi connectivity index (χ1v) is 10.9. The van der Waals surface area contributed by atoms with Crippen molar-refractivity contribution in [2.75, 3.05) is 13.7 Å². The van der Waals surface area contributed by atoms with Crippen molar-refractivity contribution in [3.63, 3.8) is 0 Å². The number of nitrogens with zero attached hydrogens (tertiary/aromatic N) is 1. The zero-order valence-electron chi connectivity index (χ0n) is 17.1. The average Bonchev–Trinajstić information content (AvgIpc) is 2.63. The summed E-state index contributed by atoms with van der Waals surface area (Å²) < 4.78 is 4.56. The van der Waals surface area contributed by atoms with E-state index in [0.29, 0.717) is 6.42 Å². The van der Waals surface area contributed by atoms with E-state index in [2.05, 4.69) is 16.7 Å². The molecule has 3 nitrogen and oxygen atoms in total. The highest BCUT2D eigenvalue weighted by Gasteiger charge is 1.95. The Morgan fingerprint density at radius 3 is 1.52 bits per heavy atom. The highest BCUT2D eigenvalue weighted by atomic mass is 16.5. The van der Waals surface area contributed by atoms with Crippen LogP contribution in [0.1, 0.15) is 116 Å². The molecule has 0 rings (SSSR count). The van der Waals surface area contributed by atoms with Crippen LogP contribution in [0.25, 0.3) is 0 Å². The van der Waals surface area contributed by atoms with Crippen LogP contribution in [0.5, 0.6) is 0 Å². The van der Waals surface area contributed by atoms with Gasteiger partial charge in [-0.2, -0.15) is 0 Å². The van der Waals surface area contributed by atoms with Gasteiger partial charge in [-0.3, -0.25) is 9.79 Å². The van der Waals surface area contributed by atoms with Crippen LogP contribution in [0.4, 0.5) is 0 Å². The van der Waals surface area contributed by atoms with Crippen LogP contribution in [0, 0.1) is 0 Å². The van der Waals surface area contributed by atoms with Gasteiger partial charge in [0.05, 0.1) is 13.5 Å². The van der Waals surface area contributed by atoms with Crippen molar-refractivity contribution in [1.29, 1.82) is 0 Å². The lowest BCUT2D eigenvalue weighted by molar-refractivity contribution is -0.139. The Bertz CT molecular complexity index is 302. The molecule has 0 unspecified atom stereocenters. The standard InChI is InChI=1S/C22H43NO2/c1-3-4-5-6-7-8-9-10-11-12-13-14-15-16-17-18-20-23-21-19-22(24)25-2/h21H,3-20H2,1-2H3. The largest absolute Gasteiger partial charge is 0.469 e. The van der Waals surface area contributed by atoms with Gasteiger partial charge >= 0.3 is 5.97 Å². The molecule has 0 amide bonds. The van der Waals surface area contributed by atoms with Gasteiger partial charge < -0.3 is 4.74 Å². The molecule has 148 valence electrons. The summed E-state index contributed by atoms with van der Waals surface area (Å²) in [4.78, 5) is 15.1. The third kappa shape index (κ3) is 21.1. The van der Waals surface area contributed by atoms with Crippen molar-refractivity contribution < 1.29 is 9.53 Å². The minimum Gasteiger partial charge on any atom is -0.469 e. The Balaban J connectivity index is 3.06. The van der Waals surface area contributed by atoms with E-state index in [0.717, 1.165) is 13.0 Å². The first kappa shape index (κ1) is 24.1. The molecule has 0 N–H and O–H groups in total. The molecule has 0 aromatic rings. The minimum atomic E-state index is -0.212. The molecule has 0 saturated heterocycles. The number of carbonyl (C=O) groups excluding carboxylic acids is 1. The first-order chi connectivity index (χ1) is 12.3. The van der Waals surface area contributed by atoms with Crippen molar-refractivity contribution in [1.82, 2.24) is 0 Å². The van der Waals surface area contributed by atoms with Gasteiger partial charge in [-0.1, -0.05) is 103 Å². The van der Waals surface area contributed by atoms with Crippen molar-refractivity contribution in [2.45, 2.75) is 116 Å². The van der Waals surface area contributed by atoms with Crippen LogP contribution in [0.15, 0.2) is 4.99 Å². The van der Waals surface area contributed by atoms with Gasteiger partial charge in [0.2, 0.25) is 0 Å². The fourth-order valence-corrected chi connectivity index (χ4v) is 3.06. The second-order valence-corrected chi connectivity index (χ2v) is 7.17. The van der Waals surface area contributed by atoms with Crippen LogP contribution in [-0.2, 0) is 9.53 Å². The minimum absolute atomic E-state index is 0.212. The predicted octanol–water partition coefficient (Wildman–Crippen LogP) is 6.88. The topological polar surface area (TPSA) is 38.7 Å². The lowest BCUT2D eigenvalue weighted by Crippen LogP contribution is -2.00. The van der Waals surface area contributed by atoms with Gasteiger partial charge in [0, 0.05) is 12.8 Å². The number of unbranched alkanes of at least 4 members (excludes halogenated alkanes) is 15. The van der Waals surface area contributed by atoms with Crippen LogP contribution in [-0.4, -0.2) is 25.8 Å². The number of carbonyl (C=O) groups is 1. The number of rotatable bonds is 19. The fraction of sp³-hybridized carbons (Fsp3) is 0.909. The Labute approximate surface area is 157 Å². The summed E-state index contributed by atoms with van der Waals surface area (Å²) in [6.45, 7) is 3.12. The van der Waals surface area contributed by atoms with Crippen molar-refractivity contribution in [3.05, 3.63) is 0 Å². The maximum Gasteiger partial charge on any atom is 0.310 e. The summed E-state index contributed by atoms with van der Waals surface area (Å²) in [7, 11) is 1.41. The number of hydrogen-bond donors (Lipinski definition) is 0. The first-order valence-electron chi connectivity index (χ1n) is 10.9. The quantitative estimate of drug-likeness (QED) is 0.144. The monoisotopic (exact) mass is 353 g/mol. The molecule has 3 heteroatoms.